The van der Waals surface area contributed by atoms with E-state index in [1.54, 1.807) is 31.6 Å². The second-order valence-corrected chi connectivity index (χ2v) is 7.95. The normalized spacial score (nSPS) is 19.0. The summed E-state index contributed by atoms with van der Waals surface area (Å²) in [7, 11) is 1.72. The van der Waals surface area contributed by atoms with E-state index in [-0.39, 0.29) is 30.5 Å². The van der Waals surface area contributed by atoms with Gasteiger partial charge in [-0.1, -0.05) is 5.21 Å². The fourth-order valence-electron chi connectivity index (χ4n) is 3.68. The number of carbonyl (C=O) groups excluding carboxylic acids is 1. The molecule has 1 fully saturated rings. The Labute approximate surface area is 175 Å². The van der Waals surface area contributed by atoms with E-state index in [1.807, 2.05) is 13.0 Å². The maximum Gasteiger partial charge on any atom is 0.312 e. The number of carboxylic acid groups (broad SMARTS) is 1. The average molecular weight is 416 g/mol. The molecule has 2 aromatic rings. The van der Waals surface area contributed by atoms with E-state index in [2.05, 4.69) is 15.3 Å². The molecule has 30 heavy (non-hydrogen) atoms. The number of ether oxygens (including phenoxy) is 2. The van der Waals surface area contributed by atoms with Crippen molar-refractivity contribution >= 4 is 11.9 Å². The van der Waals surface area contributed by atoms with Crippen molar-refractivity contribution < 1.29 is 24.2 Å². The van der Waals surface area contributed by atoms with Crippen LogP contribution in [0, 0.1) is 12.8 Å². The van der Waals surface area contributed by atoms with Crippen LogP contribution in [0.25, 0.3) is 11.4 Å². The Morgan fingerprint density at radius 2 is 2.07 bits per heavy atom. The summed E-state index contributed by atoms with van der Waals surface area (Å²) in [5.41, 5.74) is 2.41. The second-order valence-electron chi connectivity index (χ2n) is 7.95. The smallest absolute Gasteiger partial charge is 0.312 e. The van der Waals surface area contributed by atoms with Gasteiger partial charge in [0.15, 0.2) is 0 Å². The number of esters is 1. The molecule has 1 saturated carbocycles. The lowest BCUT2D eigenvalue weighted by molar-refractivity contribution is -0.146. The van der Waals surface area contributed by atoms with Crippen LogP contribution >= 0.6 is 0 Å². The number of carbonyl (C=O) groups is 2. The van der Waals surface area contributed by atoms with Crippen LogP contribution in [0.15, 0.2) is 12.1 Å². The number of pyridine rings is 1. The SMILES string of the molecule is Cc1nc(-c2nnn(C)c2CC(=O)OC(C)C)ccc1O[C@H]1CCC[C@H](C(=O)O)C1. The lowest BCUT2D eigenvalue weighted by Crippen LogP contribution is -2.29. The number of carboxylic acids is 1. The van der Waals surface area contributed by atoms with E-state index < -0.39 is 5.97 Å². The quantitative estimate of drug-likeness (QED) is 0.685. The first-order chi connectivity index (χ1) is 14.2. The summed E-state index contributed by atoms with van der Waals surface area (Å²) < 4.78 is 12.8. The molecule has 1 aliphatic carbocycles. The Morgan fingerprint density at radius 3 is 2.73 bits per heavy atom. The van der Waals surface area contributed by atoms with Crippen LogP contribution < -0.4 is 4.74 Å². The Bertz CT molecular complexity index is 924. The van der Waals surface area contributed by atoms with Crippen molar-refractivity contribution in [1.29, 1.82) is 0 Å². The van der Waals surface area contributed by atoms with Crippen LogP contribution in [0.2, 0.25) is 0 Å². The minimum absolute atomic E-state index is 0.0502. The van der Waals surface area contributed by atoms with Crippen LogP contribution in [0.4, 0.5) is 0 Å². The van der Waals surface area contributed by atoms with Gasteiger partial charge in [0.25, 0.3) is 0 Å². The zero-order valence-electron chi connectivity index (χ0n) is 17.8. The molecule has 1 aliphatic rings. The largest absolute Gasteiger partial charge is 0.489 e. The summed E-state index contributed by atoms with van der Waals surface area (Å²) in [6.07, 6.45) is 2.58. The number of aromatic nitrogens is 4. The standard InChI is InChI=1S/C21H28N4O5/c1-12(2)29-19(26)11-17-20(23-24-25(17)4)16-8-9-18(13(3)22-16)30-15-7-5-6-14(10-15)21(27)28/h8-9,12,14-15H,5-7,10-11H2,1-4H3,(H,27,28)/t14-,15-/m0/s1. The monoisotopic (exact) mass is 416 g/mol. The second kappa shape index (κ2) is 9.23. The number of nitrogens with zero attached hydrogens (tertiary/aromatic N) is 4. The highest BCUT2D eigenvalue weighted by atomic mass is 16.5. The number of aryl methyl sites for hydroxylation is 2. The van der Waals surface area contributed by atoms with Gasteiger partial charge in [0.1, 0.15) is 11.4 Å². The number of hydrogen-bond donors (Lipinski definition) is 1. The number of rotatable bonds is 7. The van der Waals surface area contributed by atoms with Gasteiger partial charge in [0, 0.05) is 7.05 Å². The van der Waals surface area contributed by atoms with Crippen molar-refractivity contribution in [3.8, 4) is 17.1 Å². The zero-order valence-corrected chi connectivity index (χ0v) is 17.8. The molecule has 0 bridgehead atoms. The zero-order chi connectivity index (χ0) is 21.8. The van der Waals surface area contributed by atoms with Crippen LogP contribution in [0.3, 0.4) is 0 Å². The van der Waals surface area contributed by atoms with Crippen LogP contribution in [0.5, 0.6) is 5.75 Å². The highest BCUT2D eigenvalue weighted by Crippen LogP contribution is 2.30. The molecule has 3 rings (SSSR count). The van der Waals surface area contributed by atoms with Gasteiger partial charge < -0.3 is 14.6 Å². The van der Waals surface area contributed by atoms with E-state index in [1.165, 1.54) is 0 Å². The van der Waals surface area contributed by atoms with E-state index >= 15 is 0 Å². The minimum atomic E-state index is -0.764. The molecule has 0 spiro atoms. The lowest BCUT2D eigenvalue weighted by atomic mass is 9.87. The molecule has 1 N–H and O–H groups in total. The van der Waals surface area contributed by atoms with Gasteiger partial charge in [0.2, 0.25) is 0 Å². The molecule has 2 aromatic heterocycles. The lowest BCUT2D eigenvalue weighted by Gasteiger charge is -2.27. The van der Waals surface area contributed by atoms with Crippen molar-refractivity contribution in [1.82, 2.24) is 20.0 Å². The molecule has 0 unspecified atom stereocenters. The minimum Gasteiger partial charge on any atom is -0.489 e. The van der Waals surface area contributed by atoms with Gasteiger partial charge in [-0.3, -0.25) is 14.3 Å². The van der Waals surface area contributed by atoms with Crippen LogP contribution in [0.1, 0.15) is 50.9 Å². The molecule has 2 atom stereocenters. The molecule has 162 valence electrons. The first-order valence-corrected chi connectivity index (χ1v) is 10.2. The molecule has 9 heteroatoms. The van der Waals surface area contributed by atoms with E-state index in [0.717, 1.165) is 12.8 Å². The summed E-state index contributed by atoms with van der Waals surface area (Å²) in [4.78, 5) is 28.0. The Morgan fingerprint density at radius 1 is 1.30 bits per heavy atom. The summed E-state index contributed by atoms with van der Waals surface area (Å²) in [6.45, 7) is 5.43. The summed E-state index contributed by atoms with van der Waals surface area (Å²) >= 11 is 0. The van der Waals surface area contributed by atoms with Gasteiger partial charge in [-0.25, -0.2) is 4.98 Å². The Balaban J connectivity index is 1.76. The van der Waals surface area contributed by atoms with Gasteiger partial charge in [-0.15, -0.1) is 5.10 Å². The molecule has 9 nitrogen and oxygen atoms in total. The van der Waals surface area contributed by atoms with Crippen molar-refractivity contribution in [3.63, 3.8) is 0 Å². The maximum absolute atomic E-state index is 12.1. The predicted octanol–water partition coefficient (Wildman–Crippen LogP) is 2.70. The summed E-state index contributed by atoms with van der Waals surface area (Å²) in [5, 5.41) is 17.5. The third-order valence-electron chi connectivity index (χ3n) is 5.17. The van der Waals surface area contributed by atoms with Crippen molar-refractivity contribution in [2.75, 3.05) is 0 Å². The highest BCUT2D eigenvalue weighted by Gasteiger charge is 2.28. The average Bonchev–Trinajstić information content (AvgIpc) is 3.03. The maximum atomic E-state index is 12.1. The fraction of sp³-hybridized carbons (Fsp3) is 0.571. The Kier molecular flexibility index (Phi) is 6.69. The summed E-state index contributed by atoms with van der Waals surface area (Å²) in [6, 6.07) is 3.59. The van der Waals surface area contributed by atoms with Crippen LogP contribution in [-0.2, 0) is 27.8 Å². The van der Waals surface area contributed by atoms with Crippen molar-refractivity contribution in [3.05, 3.63) is 23.5 Å². The molecule has 0 saturated heterocycles. The predicted molar refractivity (Wildman–Crippen MR) is 108 cm³/mol. The van der Waals surface area contributed by atoms with Crippen molar-refractivity contribution in [2.24, 2.45) is 13.0 Å². The molecule has 2 heterocycles. The van der Waals surface area contributed by atoms with Gasteiger partial charge in [-0.2, -0.15) is 0 Å². The van der Waals surface area contributed by atoms with Gasteiger partial charge in [0.05, 0.1) is 41.6 Å². The fourth-order valence-corrected chi connectivity index (χ4v) is 3.68. The first kappa shape index (κ1) is 21.7. The molecule has 0 amide bonds. The summed E-state index contributed by atoms with van der Waals surface area (Å²) in [5.74, 6) is -0.846. The van der Waals surface area contributed by atoms with E-state index in [4.69, 9.17) is 9.47 Å². The van der Waals surface area contributed by atoms with E-state index in [9.17, 15) is 14.7 Å². The van der Waals surface area contributed by atoms with E-state index in [0.29, 0.717) is 41.4 Å². The molecule has 0 radical (unpaired) electrons. The van der Waals surface area contributed by atoms with Crippen LogP contribution in [-0.4, -0.2) is 49.2 Å². The van der Waals surface area contributed by atoms with Gasteiger partial charge >= 0.3 is 11.9 Å². The van der Waals surface area contributed by atoms with Gasteiger partial charge in [-0.05, 0) is 58.6 Å². The number of aliphatic carboxylic acids is 1. The molecule has 0 aliphatic heterocycles. The molecular formula is C21H28N4O5. The third kappa shape index (κ3) is 5.14. The first-order valence-electron chi connectivity index (χ1n) is 10.2. The highest BCUT2D eigenvalue weighted by molar-refractivity contribution is 5.75. The number of hydrogen-bond acceptors (Lipinski definition) is 7. The molecule has 0 aromatic carbocycles. The topological polar surface area (TPSA) is 116 Å². The Hall–Kier alpha value is -2.97. The molecular weight excluding hydrogens is 388 g/mol. The third-order valence-corrected chi connectivity index (χ3v) is 5.17. The van der Waals surface area contributed by atoms with Crippen molar-refractivity contribution in [2.45, 2.75) is 65.1 Å².